The molecule has 0 aliphatic rings. The second kappa shape index (κ2) is 5.83. The van der Waals surface area contributed by atoms with Crippen molar-refractivity contribution in [2.24, 2.45) is 0 Å². The topological polar surface area (TPSA) is 42.2 Å². The molecule has 0 saturated carbocycles. The van der Waals surface area contributed by atoms with Gasteiger partial charge in [0.1, 0.15) is 11.3 Å². The summed E-state index contributed by atoms with van der Waals surface area (Å²) >= 11 is 0. The van der Waals surface area contributed by atoms with Crippen molar-refractivity contribution in [2.75, 3.05) is 0 Å². The van der Waals surface area contributed by atoms with E-state index in [2.05, 4.69) is 5.32 Å². The Morgan fingerprint density at radius 1 is 1.10 bits per heavy atom. The molecule has 2 aromatic carbocycles. The maximum absolute atomic E-state index is 12.1. The van der Waals surface area contributed by atoms with Gasteiger partial charge in [0.25, 0.3) is 0 Å². The van der Waals surface area contributed by atoms with Crippen LogP contribution in [0.4, 0.5) is 0 Å². The molecule has 1 amide bonds. The highest BCUT2D eigenvalue weighted by atomic mass is 16.3. The SMILES string of the molecule is C[C@@H](NC(=O)Cc1ccccc1)c1cc2ccccc2o1. The van der Waals surface area contributed by atoms with E-state index in [9.17, 15) is 4.79 Å². The van der Waals surface area contributed by atoms with E-state index in [0.717, 1.165) is 22.3 Å². The lowest BCUT2D eigenvalue weighted by Gasteiger charge is -2.11. The van der Waals surface area contributed by atoms with E-state index in [1.165, 1.54) is 0 Å². The van der Waals surface area contributed by atoms with Crippen LogP contribution in [0.2, 0.25) is 0 Å². The molecule has 1 heterocycles. The molecule has 0 aliphatic carbocycles. The lowest BCUT2D eigenvalue weighted by Crippen LogP contribution is -2.27. The maximum Gasteiger partial charge on any atom is 0.224 e. The van der Waals surface area contributed by atoms with Crippen LogP contribution < -0.4 is 5.32 Å². The van der Waals surface area contributed by atoms with E-state index in [1.54, 1.807) is 0 Å². The molecule has 0 unspecified atom stereocenters. The van der Waals surface area contributed by atoms with Gasteiger partial charge in [0.2, 0.25) is 5.91 Å². The van der Waals surface area contributed by atoms with Gasteiger partial charge in [0, 0.05) is 5.39 Å². The molecule has 0 aliphatic heterocycles. The third-order valence-corrected chi connectivity index (χ3v) is 3.46. The van der Waals surface area contributed by atoms with Crippen molar-refractivity contribution in [2.45, 2.75) is 19.4 Å². The third kappa shape index (κ3) is 3.14. The van der Waals surface area contributed by atoms with E-state index in [0.29, 0.717) is 6.42 Å². The molecule has 1 atom stereocenters. The van der Waals surface area contributed by atoms with Crippen LogP contribution in [0.5, 0.6) is 0 Å². The zero-order chi connectivity index (χ0) is 14.7. The Kier molecular flexibility index (Phi) is 3.73. The average molecular weight is 279 g/mol. The Morgan fingerprint density at radius 3 is 2.57 bits per heavy atom. The van der Waals surface area contributed by atoms with E-state index in [1.807, 2.05) is 67.6 Å². The zero-order valence-electron chi connectivity index (χ0n) is 11.9. The lowest BCUT2D eigenvalue weighted by atomic mass is 10.1. The largest absolute Gasteiger partial charge is 0.459 e. The molecule has 0 spiro atoms. The minimum atomic E-state index is -0.145. The van der Waals surface area contributed by atoms with E-state index in [4.69, 9.17) is 4.42 Å². The molecule has 0 saturated heterocycles. The van der Waals surface area contributed by atoms with Crippen molar-refractivity contribution >= 4 is 16.9 Å². The van der Waals surface area contributed by atoms with Crippen LogP contribution in [0.25, 0.3) is 11.0 Å². The van der Waals surface area contributed by atoms with Gasteiger partial charge < -0.3 is 9.73 Å². The van der Waals surface area contributed by atoms with Crippen molar-refractivity contribution in [3.05, 3.63) is 72.0 Å². The summed E-state index contributed by atoms with van der Waals surface area (Å²) in [5.41, 5.74) is 1.85. The first-order valence-electron chi connectivity index (χ1n) is 7.04. The minimum Gasteiger partial charge on any atom is -0.459 e. The Labute approximate surface area is 123 Å². The Hall–Kier alpha value is -2.55. The molecule has 0 bridgehead atoms. The molecule has 1 aromatic heterocycles. The van der Waals surface area contributed by atoms with Crippen LogP contribution in [0, 0.1) is 0 Å². The van der Waals surface area contributed by atoms with Crippen LogP contribution in [0.3, 0.4) is 0 Å². The monoisotopic (exact) mass is 279 g/mol. The summed E-state index contributed by atoms with van der Waals surface area (Å²) in [6.45, 7) is 1.93. The molecule has 3 nitrogen and oxygen atoms in total. The van der Waals surface area contributed by atoms with Gasteiger partial charge in [0.15, 0.2) is 0 Å². The highest BCUT2D eigenvalue weighted by molar-refractivity contribution is 5.80. The Morgan fingerprint density at radius 2 is 1.81 bits per heavy atom. The van der Waals surface area contributed by atoms with Crippen LogP contribution >= 0.6 is 0 Å². The Balaban J connectivity index is 1.68. The number of hydrogen-bond acceptors (Lipinski definition) is 2. The van der Waals surface area contributed by atoms with Gasteiger partial charge in [-0.1, -0.05) is 48.5 Å². The van der Waals surface area contributed by atoms with E-state index < -0.39 is 0 Å². The number of fused-ring (bicyclic) bond motifs is 1. The first-order chi connectivity index (χ1) is 10.2. The highest BCUT2D eigenvalue weighted by Crippen LogP contribution is 2.23. The summed E-state index contributed by atoms with van der Waals surface area (Å²) in [7, 11) is 0. The number of hydrogen-bond donors (Lipinski definition) is 1. The molecule has 21 heavy (non-hydrogen) atoms. The van der Waals surface area contributed by atoms with Gasteiger partial charge in [-0.15, -0.1) is 0 Å². The molecule has 0 radical (unpaired) electrons. The first-order valence-corrected chi connectivity index (χ1v) is 7.04. The van der Waals surface area contributed by atoms with E-state index in [-0.39, 0.29) is 11.9 Å². The zero-order valence-corrected chi connectivity index (χ0v) is 11.9. The summed E-state index contributed by atoms with van der Waals surface area (Å²) in [6, 6.07) is 19.4. The van der Waals surface area contributed by atoms with Crippen molar-refractivity contribution < 1.29 is 9.21 Å². The molecule has 0 fully saturated rings. The maximum atomic E-state index is 12.1. The smallest absolute Gasteiger partial charge is 0.224 e. The predicted octanol–water partition coefficient (Wildman–Crippen LogP) is 3.85. The molecule has 3 aromatic rings. The number of amides is 1. The minimum absolute atomic E-state index is 0.00541. The van der Waals surface area contributed by atoms with Crippen molar-refractivity contribution in [1.29, 1.82) is 0 Å². The highest BCUT2D eigenvalue weighted by Gasteiger charge is 2.14. The number of benzene rings is 2. The normalized spacial score (nSPS) is 12.2. The van der Waals surface area contributed by atoms with Gasteiger partial charge >= 0.3 is 0 Å². The number of nitrogens with one attached hydrogen (secondary N) is 1. The van der Waals surface area contributed by atoms with Crippen molar-refractivity contribution in [1.82, 2.24) is 5.32 Å². The molecular formula is C18H17NO2. The summed E-state index contributed by atoms with van der Waals surface area (Å²) in [5, 5.41) is 4.03. The predicted molar refractivity (Wildman–Crippen MR) is 82.9 cm³/mol. The second-order valence-electron chi connectivity index (χ2n) is 5.14. The van der Waals surface area contributed by atoms with Crippen LogP contribution in [-0.4, -0.2) is 5.91 Å². The van der Waals surface area contributed by atoms with Gasteiger partial charge in [-0.25, -0.2) is 0 Å². The van der Waals surface area contributed by atoms with Gasteiger partial charge in [-0.05, 0) is 24.6 Å². The first kappa shape index (κ1) is 13.4. The van der Waals surface area contributed by atoms with Crippen LogP contribution in [0.15, 0.2) is 65.1 Å². The Bertz CT molecular complexity index is 713. The number of rotatable bonds is 4. The molecule has 3 rings (SSSR count). The molecule has 106 valence electrons. The number of carbonyl (C=O) groups is 1. The fraction of sp³-hybridized carbons (Fsp3) is 0.167. The summed E-state index contributed by atoms with van der Waals surface area (Å²) < 4.78 is 5.77. The van der Waals surface area contributed by atoms with Crippen LogP contribution in [-0.2, 0) is 11.2 Å². The standard InChI is InChI=1S/C18H17NO2/c1-13(17-12-15-9-5-6-10-16(15)21-17)19-18(20)11-14-7-3-2-4-8-14/h2-10,12-13H,11H2,1H3,(H,19,20)/t13-/m1/s1. The van der Waals surface area contributed by atoms with Crippen LogP contribution in [0.1, 0.15) is 24.3 Å². The lowest BCUT2D eigenvalue weighted by molar-refractivity contribution is -0.121. The van der Waals surface area contributed by atoms with Crippen molar-refractivity contribution in [3.8, 4) is 0 Å². The van der Waals surface area contributed by atoms with E-state index >= 15 is 0 Å². The van der Waals surface area contributed by atoms with Crippen molar-refractivity contribution in [3.63, 3.8) is 0 Å². The third-order valence-electron chi connectivity index (χ3n) is 3.46. The van der Waals surface area contributed by atoms with Gasteiger partial charge in [-0.3, -0.25) is 4.79 Å². The quantitative estimate of drug-likeness (QED) is 0.788. The summed E-state index contributed by atoms with van der Waals surface area (Å²) in [6.07, 6.45) is 0.380. The summed E-state index contributed by atoms with van der Waals surface area (Å²) in [5.74, 6) is 0.770. The number of furan rings is 1. The fourth-order valence-corrected chi connectivity index (χ4v) is 2.36. The second-order valence-corrected chi connectivity index (χ2v) is 5.14. The molecular weight excluding hydrogens is 262 g/mol. The number of para-hydroxylation sites is 1. The molecule has 3 heteroatoms. The van der Waals surface area contributed by atoms with Gasteiger partial charge in [0.05, 0.1) is 12.5 Å². The van der Waals surface area contributed by atoms with Gasteiger partial charge in [-0.2, -0.15) is 0 Å². The fourth-order valence-electron chi connectivity index (χ4n) is 2.36. The summed E-state index contributed by atoms with van der Waals surface area (Å²) in [4.78, 5) is 12.1. The number of carbonyl (C=O) groups excluding carboxylic acids is 1. The average Bonchev–Trinajstić information content (AvgIpc) is 2.92. The molecule has 1 N–H and O–H groups in total.